The number of carbonyl (C=O) groups is 2. The molecular weight excluding hydrogens is 296 g/mol. The van der Waals surface area contributed by atoms with Crippen molar-refractivity contribution in [2.45, 2.75) is 12.0 Å². The highest BCUT2D eigenvalue weighted by Crippen LogP contribution is 2.19. The summed E-state index contributed by atoms with van der Waals surface area (Å²) >= 11 is 0. The number of hydrogen-bond donors (Lipinski definition) is 4. The van der Waals surface area contributed by atoms with Crippen molar-refractivity contribution in [3.63, 3.8) is 0 Å². The zero-order valence-corrected chi connectivity index (χ0v) is 11.0. The molecule has 0 radical (unpaired) electrons. The predicted molar refractivity (Wildman–Crippen MR) is 70.3 cm³/mol. The summed E-state index contributed by atoms with van der Waals surface area (Å²) in [6, 6.07) is 3.18. The molecule has 12 nitrogen and oxygen atoms in total. The van der Waals surface area contributed by atoms with E-state index in [4.69, 9.17) is 5.11 Å². The average molecular weight is 306 g/mol. The summed E-state index contributed by atoms with van der Waals surface area (Å²) in [5.74, 6) is -2.14. The lowest BCUT2D eigenvalue weighted by Crippen LogP contribution is -2.53. The summed E-state index contributed by atoms with van der Waals surface area (Å²) < 4.78 is 1.18. The van der Waals surface area contributed by atoms with Crippen LogP contribution in [-0.4, -0.2) is 65.2 Å². The standard InChI is InChI=1S/C10H10N8O4/c19-8(20)5-3-10(9(21)22,15-12-5)4-11-6-1-2-7-13-16-17-18(7)14-6/h1-2,15H,3-4H2,(H,11,14)(H,19,20)(H,21,22). The molecule has 0 fully saturated rings. The first-order chi connectivity index (χ1) is 10.5. The molecule has 12 heteroatoms. The number of hydrogen-bond acceptors (Lipinski definition) is 9. The molecule has 0 bridgehead atoms. The Morgan fingerprint density at radius 2 is 2.23 bits per heavy atom. The van der Waals surface area contributed by atoms with Crippen molar-refractivity contribution in [1.82, 2.24) is 30.7 Å². The molecule has 0 aromatic carbocycles. The van der Waals surface area contributed by atoms with E-state index in [9.17, 15) is 14.7 Å². The van der Waals surface area contributed by atoms with Gasteiger partial charge >= 0.3 is 11.9 Å². The molecule has 1 atom stereocenters. The number of hydrazone groups is 1. The van der Waals surface area contributed by atoms with Crippen LogP contribution in [0.3, 0.4) is 0 Å². The Bertz CT molecular complexity index is 786. The van der Waals surface area contributed by atoms with Gasteiger partial charge in [0, 0.05) is 6.42 Å². The molecule has 0 amide bonds. The monoisotopic (exact) mass is 306 g/mol. The topological polar surface area (TPSA) is 167 Å². The molecule has 2 aromatic heterocycles. The number of nitrogens with one attached hydrogen (secondary N) is 2. The quantitative estimate of drug-likeness (QED) is 0.494. The van der Waals surface area contributed by atoms with Crippen molar-refractivity contribution in [2.75, 3.05) is 11.9 Å². The Morgan fingerprint density at radius 1 is 1.41 bits per heavy atom. The second kappa shape index (κ2) is 4.91. The fraction of sp³-hybridized carbons (Fsp3) is 0.300. The van der Waals surface area contributed by atoms with Gasteiger partial charge in [-0.25, -0.2) is 9.59 Å². The number of aliphatic carboxylic acids is 2. The summed E-state index contributed by atoms with van der Waals surface area (Å²) in [6.07, 6.45) is -0.252. The van der Waals surface area contributed by atoms with Crippen molar-refractivity contribution >= 4 is 29.1 Å². The first kappa shape index (κ1) is 13.7. The van der Waals surface area contributed by atoms with Gasteiger partial charge in [-0.1, -0.05) is 0 Å². The molecule has 4 N–H and O–H groups in total. The fourth-order valence-electron chi connectivity index (χ4n) is 1.95. The van der Waals surface area contributed by atoms with Crippen molar-refractivity contribution in [1.29, 1.82) is 0 Å². The second-order valence-electron chi connectivity index (χ2n) is 4.64. The Labute approximate surface area is 121 Å². The molecule has 3 heterocycles. The fourth-order valence-corrected chi connectivity index (χ4v) is 1.95. The van der Waals surface area contributed by atoms with Gasteiger partial charge in [-0.3, -0.25) is 5.43 Å². The van der Waals surface area contributed by atoms with E-state index < -0.39 is 17.5 Å². The minimum atomic E-state index is -1.55. The van der Waals surface area contributed by atoms with Crippen LogP contribution in [0.2, 0.25) is 0 Å². The van der Waals surface area contributed by atoms with Gasteiger partial charge in [0.05, 0.1) is 6.54 Å². The molecule has 22 heavy (non-hydrogen) atoms. The average Bonchev–Trinajstić information content (AvgIpc) is 3.12. The third-order valence-electron chi connectivity index (χ3n) is 3.17. The van der Waals surface area contributed by atoms with E-state index in [0.717, 1.165) is 0 Å². The second-order valence-corrected chi connectivity index (χ2v) is 4.64. The van der Waals surface area contributed by atoms with Gasteiger partial charge in [-0.15, -0.1) is 14.8 Å². The highest BCUT2D eigenvalue weighted by molar-refractivity contribution is 6.36. The normalized spacial score (nSPS) is 20.5. The van der Waals surface area contributed by atoms with Crippen LogP contribution >= 0.6 is 0 Å². The number of tetrazole rings is 1. The van der Waals surface area contributed by atoms with Crippen LogP contribution in [0.25, 0.3) is 5.65 Å². The maximum atomic E-state index is 11.5. The van der Waals surface area contributed by atoms with E-state index in [1.54, 1.807) is 12.1 Å². The van der Waals surface area contributed by atoms with Crippen LogP contribution < -0.4 is 10.7 Å². The summed E-state index contributed by atoms with van der Waals surface area (Å²) in [5, 5.41) is 39.4. The Balaban J connectivity index is 1.75. The molecule has 1 aliphatic rings. The van der Waals surface area contributed by atoms with E-state index in [2.05, 4.69) is 36.5 Å². The highest BCUT2D eigenvalue weighted by Gasteiger charge is 2.45. The van der Waals surface area contributed by atoms with Crippen molar-refractivity contribution in [3.05, 3.63) is 12.1 Å². The van der Waals surface area contributed by atoms with Crippen LogP contribution in [-0.2, 0) is 9.59 Å². The Kier molecular flexibility index (Phi) is 3.05. The van der Waals surface area contributed by atoms with Crippen molar-refractivity contribution < 1.29 is 19.8 Å². The number of carboxylic acids is 2. The van der Waals surface area contributed by atoms with E-state index in [1.807, 2.05) is 0 Å². The SMILES string of the molecule is O=C(O)C1=NNC(CNc2ccc3nnnn3n2)(C(=O)O)C1. The minimum absolute atomic E-state index is 0.122. The maximum absolute atomic E-state index is 11.5. The maximum Gasteiger partial charge on any atom is 0.352 e. The van der Waals surface area contributed by atoms with E-state index in [1.165, 1.54) is 4.63 Å². The number of carboxylic acid groups (broad SMARTS) is 2. The lowest BCUT2D eigenvalue weighted by molar-refractivity contribution is -0.143. The Hall–Kier alpha value is -3.31. The minimum Gasteiger partial charge on any atom is -0.479 e. The van der Waals surface area contributed by atoms with Crippen molar-refractivity contribution in [3.8, 4) is 0 Å². The third-order valence-corrected chi connectivity index (χ3v) is 3.17. The summed E-state index contributed by atoms with van der Waals surface area (Å²) in [7, 11) is 0. The van der Waals surface area contributed by atoms with Gasteiger partial charge in [-0.05, 0) is 22.6 Å². The van der Waals surface area contributed by atoms with Crippen LogP contribution in [0, 0.1) is 0 Å². The third kappa shape index (κ3) is 2.25. The van der Waals surface area contributed by atoms with E-state index in [0.29, 0.717) is 11.5 Å². The predicted octanol–water partition coefficient (Wildman–Crippen LogP) is -1.81. The molecule has 0 saturated carbocycles. The zero-order valence-electron chi connectivity index (χ0n) is 11.0. The lowest BCUT2D eigenvalue weighted by Gasteiger charge is -2.24. The van der Waals surface area contributed by atoms with E-state index >= 15 is 0 Å². The smallest absolute Gasteiger partial charge is 0.352 e. The summed E-state index contributed by atoms with van der Waals surface area (Å²) in [5.41, 5.74) is 1.02. The van der Waals surface area contributed by atoms with Gasteiger partial charge in [-0.2, -0.15) is 5.10 Å². The number of anilines is 1. The largest absolute Gasteiger partial charge is 0.479 e. The molecule has 1 aliphatic heterocycles. The molecule has 2 aromatic rings. The molecule has 0 spiro atoms. The molecule has 0 aliphatic carbocycles. The number of fused-ring (bicyclic) bond motifs is 1. The highest BCUT2D eigenvalue weighted by atomic mass is 16.4. The first-order valence-electron chi connectivity index (χ1n) is 6.10. The van der Waals surface area contributed by atoms with Crippen LogP contribution in [0.15, 0.2) is 17.2 Å². The number of nitrogens with zero attached hydrogens (tertiary/aromatic N) is 6. The first-order valence-corrected chi connectivity index (χ1v) is 6.10. The molecule has 1 unspecified atom stereocenters. The molecular formula is C10H10N8O4. The van der Waals surface area contributed by atoms with Gasteiger partial charge in [0.1, 0.15) is 11.5 Å². The molecule has 114 valence electrons. The van der Waals surface area contributed by atoms with Crippen LogP contribution in [0.5, 0.6) is 0 Å². The van der Waals surface area contributed by atoms with Crippen LogP contribution in [0.4, 0.5) is 5.82 Å². The number of rotatable bonds is 5. The van der Waals surface area contributed by atoms with Gasteiger partial charge in [0.15, 0.2) is 11.2 Å². The van der Waals surface area contributed by atoms with E-state index in [-0.39, 0.29) is 18.7 Å². The zero-order chi connectivity index (χ0) is 15.7. The van der Waals surface area contributed by atoms with Gasteiger partial charge in [0.25, 0.3) is 0 Å². The van der Waals surface area contributed by atoms with Crippen molar-refractivity contribution in [2.24, 2.45) is 5.10 Å². The summed E-state index contributed by atoms with van der Waals surface area (Å²) in [4.78, 5) is 22.3. The molecule has 3 rings (SSSR count). The van der Waals surface area contributed by atoms with Gasteiger partial charge in [0.2, 0.25) is 0 Å². The lowest BCUT2D eigenvalue weighted by atomic mass is 9.94. The molecule has 0 saturated heterocycles. The summed E-state index contributed by atoms with van der Waals surface area (Å²) in [6.45, 7) is -0.122. The Morgan fingerprint density at radius 3 is 2.91 bits per heavy atom. The number of aromatic nitrogens is 5. The van der Waals surface area contributed by atoms with Crippen LogP contribution in [0.1, 0.15) is 6.42 Å². The van der Waals surface area contributed by atoms with Gasteiger partial charge < -0.3 is 15.5 Å².